The Morgan fingerprint density at radius 1 is 1.59 bits per heavy atom. The molecular formula is C12H17N3O2. The third-order valence-electron chi connectivity index (χ3n) is 2.98. The Kier molecular flexibility index (Phi) is 3.56. The number of carboxylic acid groups (broad SMARTS) is 1. The van der Waals surface area contributed by atoms with Crippen molar-refractivity contribution >= 4 is 11.9 Å². The highest BCUT2D eigenvalue weighted by Crippen LogP contribution is 2.33. The number of anilines is 1. The summed E-state index contributed by atoms with van der Waals surface area (Å²) in [6, 6.07) is 0. The Balaban J connectivity index is 1.83. The molecule has 1 aliphatic rings. The molecule has 5 nitrogen and oxygen atoms in total. The number of nitrogens with one attached hydrogen (secondary N) is 1. The van der Waals surface area contributed by atoms with Crippen LogP contribution in [0.15, 0.2) is 6.20 Å². The zero-order chi connectivity index (χ0) is 12.3. The minimum absolute atomic E-state index is 0.161. The summed E-state index contributed by atoms with van der Waals surface area (Å²) >= 11 is 0. The van der Waals surface area contributed by atoms with Gasteiger partial charge in [0.25, 0.3) is 0 Å². The van der Waals surface area contributed by atoms with E-state index in [1.165, 1.54) is 25.5 Å². The summed E-state index contributed by atoms with van der Waals surface area (Å²) in [6.07, 6.45) is 6.49. The van der Waals surface area contributed by atoms with E-state index in [9.17, 15) is 4.79 Å². The molecule has 0 aromatic carbocycles. The van der Waals surface area contributed by atoms with E-state index in [4.69, 9.17) is 5.11 Å². The second kappa shape index (κ2) is 5.12. The van der Waals surface area contributed by atoms with Gasteiger partial charge >= 0.3 is 5.97 Å². The maximum Gasteiger partial charge on any atom is 0.339 e. The lowest BCUT2D eigenvalue weighted by Crippen LogP contribution is -2.09. The zero-order valence-corrected chi connectivity index (χ0v) is 9.94. The van der Waals surface area contributed by atoms with Crippen molar-refractivity contribution in [3.8, 4) is 0 Å². The first kappa shape index (κ1) is 11.8. The Hall–Kier alpha value is -1.65. The quantitative estimate of drug-likeness (QED) is 0.738. The number of carbonyl (C=O) groups is 1. The first-order valence-corrected chi connectivity index (χ1v) is 5.97. The van der Waals surface area contributed by atoms with Crippen LogP contribution in [0.3, 0.4) is 0 Å². The van der Waals surface area contributed by atoms with Gasteiger partial charge in [0, 0.05) is 12.7 Å². The number of aryl methyl sites for hydroxylation is 1. The fraction of sp³-hybridized carbons (Fsp3) is 0.583. The van der Waals surface area contributed by atoms with Gasteiger partial charge in [0.15, 0.2) is 0 Å². The number of hydrogen-bond acceptors (Lipinski definition) is 4. The fourth-order valence-electron chi connectivity index (χ4n) is 1.76. The van der Waals surface area contributed by atoms with Crippen molar-refractivity contribution in [2.45, 2.75) is 32.6 Å². The van der Waals surface area contributed by atoms with E-state index in [1.807, 2.05) is 0 Å². The minimum atomic E-state index is -0.984. The highest BCUT2D eigenvalue weighted by Gasteiger charge is 2.20. The maximum atomic E-state index is 10.8. The van der Waals surface area contributed by atoms with Gasteiger partial charge in [-0.25, -0.2) is 14.8 Å². The van der Waals surface area contributed by atoms with Gasteiger partial charge in [-0.2, -0.15) is 0 Å². The lowest BCUT2D eigenvalue weighted by atomic mass is 10.2. The van der Waals surface area contributed by atoms with Crippen LogP contribution in [0.2, 0.25) is 0 Å². The van der Waals surface area contributed by atoms with Gasteiger partial charge in [-0.15, -0.1) is 0 Å². The third-order valence-corrected chi connectivity index (χ3v) is 2.98. The van der Waals surface area contributed by atoms with E-state index in [-0.39, 0.29) is 5.56 Å². The van der Waals surface area contributed by atoms with E-state index in [0.29, 0.717) is 11.6 Å². The smallest absolute Gasteiger partial charge is 0.339 e. The zero-order valence-electron chi connectivity index (χ0n) is 9.94. The number of aromatic carboxylic acids is 1. The summed E-state index contributed by atoms with van der Waals surface area (Å²) < 4.78 is 0. The lowest BCUT2D eigenvalue weighted by molar-refractivity contribution is 0.0695. The van der Waals surface area contributed by atoms with Crippen molar-refractivity contribution in [1.29, 1.82) is 0 Å². The lowest BCUT2D eigenvalue weighted by Gasteiger charge is -2.06. The minimum Gasteiger partial charge on any atom is -0.478 e. The molecule has 5 heteroatoms. The number of rotatable bonds is 6. The van der Waals surface area contributed by atoms with Gasteiger partial charge in [0.05, 0.1) is 11.3 Å². The van der Waals surface area contributed by atoms with Crippen LogP contribution < -0.4 is 5.32 Å². The van der Waals surface area contributed by atoms with Crippen LogP contribution >= 0.6 is 0 Å². The summed E-state index contributed by atoms with van der Waals surface area (Å²) in [6.45, 7) is 2.53. The first-order chi connectivity index (χ1) is 8.16. The Morgan fingerprint density at radius 3 is 2.94 bits per heavy atom. The number of carboxylic acids is 1. The first-order valence-electron chi connectivity index (χ1n) is 5.97. The molecule has 1 aromatic heterocycles. The summed E-state index contributed by atoms with van der Waals surface area (Å²) in [5, 5.41) is 12.0. The molecule has 0 atom stereocenters. The van der Waals surface area contributed by atoms with Crippen molar-refractivity contribution in [3.05, 3.63) is 17.5 Å². The van der Waals surface area contributed by atoms with Crippen LogP contribution in [0.25, 0.3) is 0 Å². The van der Waals surface area contributed by atoms with Crippen molar-refractivity contribution in [2.24, 2.45) is 5.92 Å². The Morgan fingerprint density at radius 2 is 2.35 bits per heavy atom. The van der Waals surface area contributed by atoms with Gasteiger partial charge in [0.2, 0.25) is 5.95 Å². The molecule has 0 aliphatic heterocycles. The van der Waals surface area contributed by atoms with Crippen molar-refractivity contribution in [1.82, 2.24) is 9.97 Å². The van der Waals surface area contributed by atoms with Crippen LogP contribution in [-0.4, -0.2) is 27.6 Å². The van der Waals surface area contributed by atoms with Crippen molar-refractivity contribution < 1.29 is 9.90 Å². The summed E-state index contributed by atoms with van der Waals surface area (Å²) in [5.74, 6) is 0.472. The van der Waals surface area contributed by atoms with Crippen LogP contribution in [0.1, 0.15) is 41.7 Å². The van der Waals surface area contributed by atoms with Gasteiger partial charge in [0.1, 0.15) is 0 Å². The molecule has 2 rings (SSSR count). The molecular weight excluding hydrogens is 218 g/mol. The largest absolute Gasteiger partial charge is 0.478 e. The van der Waals surface area contributed by atoms with E-state index in [2.05, 4.69) is 15.3 Å². The molecule has 2 N–H and O–H groups in total. The number of aromatic nitrogens is 2. The summed E-state index contributed by atoms with van der Waals surface area (Å²) in [7, 11) is 0. The molecule has 0 unspecified atom stereocenters. The highest BCUT2D eigenvalue weighted by molar-refractivity contribution is 5.88. The molecule has 0 amide bonds. The maximum absolute atomic E-state index is 10.8. The molecule has 0 spiro atoms. The third kappa shape index (κ3) is 3.41. The highest BCUT2D eigenvalue weighted by atomic mass is 16.4. The van der Waals surface area contributed by atoms with Crippen molar-refractivity contribution in [3.63, 3.8) is 0 Å². The predicted molar refractivity (Wildman–Crippen MR) is 64.2 cm³/mol. The number of nitrogens with zero attached hydrogens (tertiary/aromatic N) is 2. The topological polar surface area (TPSA) is 75.1 Å². The van der Waals surface area contributed by atoms with E-state index in [0.717, 1.165) is 18.9 Å². The Labute approximate surface area is 100 Å². The van der Waals surface area contributed by atoms with Crippen LogP contribution in [0.4, 0.5) is 5.95 Å². The summed E-state index contributed by atoms with van der Waals surface area (Å²) in [4.78, 5) is 18.9. The molecule has 0 saturated heterocycles. The molecule has 0 radical (unpaired) electrons. The van der Waals surface area contributed by atoms with Crippen molar-refractivity contribution in [2.75, 3.05) is 11.9 Å². The number of hydrogen-bond donors (Lipinski definition) is 2. The molecule has 92 valence electrons. The molecule has 1 aliphatic carbocycles. The molecule has 17 heavy (non-hydrogen) atoms. The average Bonchev–Trinajstić information content (AvgIpc) is 3.08. The van der Waals surface area contributed by atoms with Gasteiger partial charge in [-0.3, -0.25) is 0 Å². The Bertz CT molecular complexity index is 416. The SMILES string of the molecule is Cc1nc(NCCCC2CC2)ncc1C(=O)O. The van der Waals surface area contributed by atoms with Crippen LogP contribution in [0.5, 0.6) is 0 Å². The molecule has 0 bridgehead atoms. The summed E-state index contributed by atoms with van der Waals surface area (Å²) in [5.41, 5.74) is 0.658. The normalized spacial score (nSPS) is 14.6. The predicted octanol–water partition coefficient (Wildman–Crippen LogP) is 2.09. The monoisotopic (exact) mass is 235 g/mol. The fourth-order valence-corrected chi connectivity index (χ4v) is 1.76. The molecule has 1 aromatic rings. The van der Waals surface area contributed by atoms with Crippen LogP contribution in [0, 0.1) is 12.8 Å². The molecule has 1 fully saturated rings. The van der Waals surface area contributed by atoms with E-state index in [1.54, 1.807) is 6.92 Å². The molecule has 1 heterocycles. The van der Waals surface area contributed by atoms with E-state index < -0.39 is 5.97 Å². The van der Waals surface area contributed by atoms with Gasteiger partial charge in [-0.05, 0) is 25.7 Å². The molecule has 1 saturated carbocycles. The average molecular weight is 235 g/mol. The second-order valence-electron chi connectivity index (χ2n) is 4.51. The van der Waals surface area contributed by atoms with Gasteiger partial charge in [-0.1, -0.05) is 12.8 Å². The standard InChI is InChI=1S/C12H17N3O2/c1-8-10(11(16)17)7-14-12(15-8)13-6-2-3-9-4-5-9/h7,9H,2-6H2,1H3,(H,16,17)(H,13,14,15). The van der Waals surface area contributed by atoms with Crippen LogP contribution in [-0.2, 0) is 0 Å². The van der Waals surface area contributed by atoms with E-state index >= 15 is 0 Å². The van der Waals surface area contributed by atoms with Gasteiger partial charge < -0.3 is 10.4 Å². The second-order valence-corrected chi connectivity index (χ2v) is 4.51.